The molecule has 0 aliphatic carbocycles. The van der Waals surface area contributed by atoms with Crippen molar-refractivity contribution in [3.05, 3.63) is 35.3 Å². The first kappa shape index (κ1) is 13.3. The quantitative estimate of drug-likeness (QED) is 0.770. The Morgan fingerprint density at radius 1 is 1.38 bits per heavy atom. The predicted molar refractivity (Wildman–Crippen MR) is 76.8 cm³/mol. The molecule has 1 atom stereocenters. The number of nitriles is 1. The molecule has 106 valence electrons. The van der Waals surface area contributed by atoms with Crippen LogP contribution >= 0.6 is 0 Å². The highest BCUT2D eigenvalue weighted by molar-refractivity contribution is 7.86. The summed E-state index contributed by atoms with van der Waals surface area (Å²) in [6.45, 7) is 3.54. The van der Waals surface area contributed by atoms with Crippen molar-refractivity contribution in [3.8, 4) is 6.07 Å². The Balaban J connectivity index is 2.02. The fourth-order valence-electron chi connectivity index (χ4n) is 2.09. The fraction of sp³-hybridized carbons (Fsp3) is 0.154. The summed E-state index contributed by atoms with van der Waals surface area (Å²) >= 11 is 0. The van der Waals surface area contributed by atoms with Gasteiger partial charge in [-0.25, -0.2) is 4.21 Å². The molecule has 0 spiro atoms. The highest BCUT2D eigenvalue weighted by Gasteiger charge is 2.15. The van der Waals surface area contributed by atoms with Crippen molar-refractivity contribution in [3.63, 3.8) is 0 Å². The molecule has 0 radical (unpaired) electrons. The summed E-state index contributed by atoms with van der Waals surface area (Å²) in [5.74, 6) is 0.348. The van der Waals surface area contributed by atoms with Crippen LogP contribution in [0.4, 0.5) is 5.69 Å². The van der Waals surface area contributed by atoms with E-state index in [9.17, 15) is 4.21 Å². The molecule has 3 rings (SSSR count). The number of aromatic amines is 1. The number of fused-ring (bicyclic) bond motifs is 1. The van der Waals surface area contributed by atoms with Gasteiger partial charge in [0.15, 0.2) is 0 Å². The van der Waals surface area contributed by atoms with Gasteiger partial charge in [0.1, 0.15) is 6.07 Å². The zero-order valence-electron chi connectivity index (χ0n) is 11.3. The minimum absolute atomic E-state index is 0.00767. The maximum Gasteiger partial charge on any atom is 0.328 e. The van der Waals surface area contributed by atoms with Gasteiger partial charge >= 0.3 is 5.22 Å². The largest absolute Gasteiger partial charge is 0.413 e. The molecule has 2 N–H and O–H groups in total. The van der Waals surface area contributed by atoms with E-state index in [1.54, 1.807) is 19.2 Å². The van der Waals surface area contributed by atoms with E-state index in [4.69, 9.17) is 9.68 Å². The molecule has 21 heavy (non-hydrogen) atoms. The molecule has 0 aliphatic rings. The molecule has 2 aromatic heterocycles. The number of aromatic nitrogens is 3. The van der Waals surface area contributed by atoms with Crippen molar-refractivity contribution < 1.29 is 8.63 Å². The Bertz CT molecular complexity index is 890. The average Bonchev–Trinajstić information content (AvgIpc) is 3.08. The second-order valence-electron chi connectivity index (χ2n) is 4.45. The van der Waals surface area contributed by atoms with E-state index in [0.29, 0.717) is 17.1 Å². The zero-order chi connectivity index (χ0) is 15.0. The van der Waals surface area contributed by atoms with Crippen molar-refractivity contribution in [2.45, 2.75) is 19.1 Å². The smallest absolute Gasteiger partial charge is 0.328 e. The Morgan fingerprint density at radius 2 is 2.19 bits per heavy atom. The van der Waals surface area contributed by atoms with E-state index in [0.717, 1.165) is 16.5 Å². The molecule has 7 nitrogen and oxygen atoms in total. The lowest BCUT2D eigenvalue weighted by Crippen LogP contribution is -2.05. The highest BCUT2D eigenvalue weighted by Crippen LogP contribution is 2.29. The van der Waals surface area contributed by atoms with Crippen LogP contribution in [0.1, 0.15) is 17.0 Å². The molecule has 8 heteroatoms. The molecule has 2 heterocycles. The number of nitrogens with one attached hydrogen (secondary N) is 2. The van der Waals surface area contributed by atoms with Crippen LogP contribution < -0.4 is 4.72 Å². The summed E-state index contributed by atoms with van der Waals surface area (Å²) in [5, 5.41) is 17.3. The first-order chi connectivity index (χ1) is 10.1. The first-order valence-electron chi connectivity index (χ1n) is 6.09. The molecule has 1 aromatic carbocycles. The Labute approximate surface area is 122 Å². The Morgan fingerprint density at radius 3 is 2.86 bits per heavy atom. The number of anilines is 1. The van der Waals surface area contributed by atoms with E-state index in [-0.39, 0.29) is 5.22 Å². The summed E-state index contributed by atoms with van der Waals surface area (Å²) in [5.41, 5.74) is 2.83. The topological polar surface area (TPSA) is 108 Å². The fourth-order valence-corrected chi connectivity index (χ4v) is 2.86. The minimum atomic E-state index is -1.66. The lowest BCUT2D eigenvalue weighted by Gasteiger charge is -2.06. The summed E-state index contributed by atoms with van der Waals surface area (Å²) < 4.78 is 20.1. The maximum absolute atomic E-state index is 12.2. The summed E-state index contributed by atoms with van der Waals surface area (Å²) in [4.78, 5) is 3.02. The van der Waals surface area contributed by atoms with Gasteiger partial charge in [-0.1, -0.05) is 11.2 Å². The molecular formula is C13H11N5O2S. The van der Waals surface area contributed by atoms with Gasteiger partial charge in [-0.3, -0.25) is 4.72 Å². The number of hydrogen-bond acceptors (Lipinski definition) is 5. The van der Waals surface area contributed by atoms with E-state index < -0.39 is 11.0 Å². The van der Waals surface area contributed by atoms with Crippen molar-refractivity contribution in [2.24, 2.45) is 0 Å². The van der Waals surface area contributed by atoms with Gasteiger partial charge in [-0.05, 0) is 18.6 Å². The first-order valence-corrected chi connectivity index (χ1v) is 7.24. The van der Waals surface area contributed by atoms with Crippen molar-refractivity contribution >= 4 is 27.6 Å². The van der Waals surface area contributed by atoms with Crippen LogP contribution in [0.25, 0.3) is 10.9 Å². The third-order valence-electron chi connectivity index (χ3n) is 3.03. The van der Waals surface area contributed by atoms with Crippen molar-refractivity contribution in [1.29, 1.82) is 5.26 Å². The summed E-state index contributed by atoms with van der Waals surface area (Å²) in [7, 11) is -1.66. The summed E-state index contributed by atoms with van der Waals surface area (Å²) in [6.07, 6.45) is 1.63. The van der Waals surface area contributed by atoms with Gasteiger partial charge in [0.25, 0.3) is 0 Å². The molecular weight excluding hydrogens is 290 g/mol. The van der Waals surface area contributed by atoms with Crippen molar-refractivity contribution in [1.82, 2.24) is 15.2 Å². The summed E-state index contributed by atoms with van der Waals surface area (Å²) in [6, 6.07) is 5.78. The van der Waals surface area contributed by atoms with E-state index in [2.05, 4.69) is 26.0 Å². The zero-order valence-corrected chi connectivity index (χ0v) is 12.1. The normalized spacial score (nSPS) is 12.2. The maximum atomic E-state index is 12.2. The van der Waals surface area contributed by atoms with Crippen LogP contribution in [0.5, 0.6) is 0 Å². The van der Waals surface area contributed by atoms with Gasteiger partial charge in [-0.2, -0.15) is 5.26 Å². The van der Waals surface area contributed by atoms with Crippen LogP contribution in [-0.2, 0) is 11.0 Å². The van der Waals surface area contributed by atoms with Crippen LogP contribution in [0.15, 0.2) is 28.0 Å². The van der Waals surface area contributed by atoms with Crippen LogP contribution in [0.3, 0.4) is 0 Å². The van der Waals surface area contributed by atoms with Gasteiger partial charge in [0, 0.05) is 18.5 Å². The highest BCUT2D eigenvalue weighted by atomic mass is 32.2. The van der Waals surface area contributed by atoms with Gasteiger partial charge in [0.05, 0.1) is 16.8 Å². The molecule has 1 unspecified atom stereocenters. The average molecular weight is 301 g/mol. The molecule has 0 bridgehead atoms. The number of nitrogens with zero attached hydrogens (tertiary/aromatic N) is 3. The molecule has 0 fully saturated rings. The number of hydrogen-bond donors (Lipinski definition) is 2. The second-order valence-corrected chi connectivity index (χ2v) is 5.54. The number of aryl methyl sites for hydroxylation is 2. The third-order valence-corrected chi connectivity index (χ3v) is 3.92. The van der Waals surface area contributed by atoms with E-state index in [1.165, 1.54) is 0 Å². The van der Waals surface area contributed by atoms with Crippen LogP contribution in [0, 0.1) is 25.2 Å². The third kappa shape index (κ3) is 2.28. The van der Waals surface area contributed by atoms with Gasteiger partial charge in [-0.15, -0.1) is 5.10 Å². The van der Waals surface area contributed by atoms with E-state index in [1.807, 2.05) is 13.0 Å². The minimum Gasteiger partial charge on any atom is -0.413 e. The lowest BCUT2D eigenvalue weighted by molar-refractivity contribution is 0.422. The van der Waals surface area contributed by atoms with Gasteiger partial charge < -0.3 is 9.40 Å². The van der Waals surface area contributed by atoms with Gasteiger partial charge in [0.2, 0.25) is 16.9 Å². The Hall–Kier alpha value is -2.66. The molecule has 3 aromatic rings. The molecule has 0 saturated carbocycles. The van der Waals surface area contributed by atoms with Crippen molar-refractivity contribution in [2.75, 3.05) is 4.72 Å². The van der Waals surface area contributed by atoms with Crippen LogP contribution in [0.2, 0.25) is 0 Å². The van der Waals surface area contributed by atoms with E-state index >= 15 is 0 Å². The van der Waals surface area contributed by atoms with Crippen LogP contribution in [-0.4, -0.2) is 19.4 Å². The number of rotatable bonds is 3. The Kier molecular flexibility index (Phi) is 3.19. The SMILES string of the molecule is Cc1nnc(S(=O)Nc2ccc(C)c3c(C#N)c[nH]c23)o1. The molecule has 0 saturated heterocycles. The number of H-pyrrole nitrogens is 1. The predicted octanol–water partition coefficient (Wildman–Crippen LogP) is 2.17. The lowest BCUT2D eigenvalue weighted by atomic mass is 10.1. The number of benzene rings is 1. The standard InChI is InChI=1S/C13H11N5O2S/c1-7-3-4-10(12-11(7)9(5-14)6-15-12)18-21(19)13-17-16-8(2)20-13/h3-4,6,15,18H,1-2H3. The second kappa shape index (κ2) is 5.03. The molecule has 0 aliphatic heterocycles. The monoisotopic (exact) mass is 301 g/mol. The molecule has 0 amide bonds.